The number of carbonyl (C=O) groups excluding carboxylic acids is 1. The Morgan fingerprint density at radius 1 is 1.30 bits per heavy atom. The van der Waals surface area contributed by atoms with Crippen LogP contribution in [0.5, 0.6) is 0 Å². The first-order valence-electron chi connectivity index (χ1n) is 7.70. The smallest absolute Gasteiger partial charge is 0.315 e. The number of aliphatic carboxylic acids is 1. The first-order valence-corrected chi connectivity index (χ1v) is 7.70. The Morgan fingerprint density at radius 2 is 2.00 bits per heavy atom. The van der Waals surface area contributed by atoms with Crippen LogP contribution in [0.4, 0.5) is 4.79 Å². The molecule has 3 N–H and O–H groups in total. The first-order chi connectivity index (χ1) is 9.43. The molecule has 2 aliphatic carbocycles. The molecule has 0 radical (unpaired) electrons. The zero-order valence-electron chi connectivity index (χ0n) is 12.4. The maximum absolute atomic E-state index is 11.9. The molecule has 0 heterocycles. The van der Waals surface area contributed by atoms with E-state index in [0.29, 0.717) is 17.8 Å². The molecule has 5 heteroatoms. The molecule has 5 nitrogen and oxygen atoms in total. The minimum absolute atomic E-state index is 0.000877. The molecule has 114 valence electrons. The predicted molar refractivity (Wildman–Crippen MR) is 76.4 cm³/mol. The normalized spacial score (nSPS) is 27.9. The van der Waals surface area contributed by atoms with E-state index in [1.807, 2.05) is 0 Å². The third-order valence-electron chi connectivity index (χ3n) is 5.08. The summed E-state index contributed by atoms with van der Waals surface area (Å²) < 4.78 is 0. The number of carboxylic acid groups (broad SMARTS) is 1. The second-order valence-corrected chi connectivity index (χ2v) is 6.74. The Balaban J connectivity index is 1.73. The zero-order chi connectivity index (χ0) is 14.8. The molecule has 2 atom stereocenters. The van der Waals surface area contributed by atoms with Gasteiger partial charge in [-0.15, -0.1) is 0 Å². The van der Waals surface area contributed by atoms with E-state index in [-0.39, 0.29) is 18.0 Å². The van der Waals surface area contributed by atoms with Gasteiger partial charge in [0.25, 0.3) is 0 Å². The van der Waals surface area contributed by atoms with E-state index < -0.39 is 5.97 Å². The third-order valence-corrected chi connectivity index (χ3v) is 5.08. The largest absolute Gasteiger partial charge is 0.481 e. The summed E-state index contributed by atoms with van der Waals surface area (Å²) in [6, 6.07) is -0.146. The topological polar surface area (TPSA) is 78.4 Å². The van der Waals surface area contributed by atoms with Crippen LogP contribution in [0.15, 0.2) is 0 Å². The van der Waals surface area contributed by atoms with Crippen LogP contribution in [0.1, 0.15) is 52.4 Å². The van der Waals surface area contributed by atoms with Crippen molar-refractivity contribution in [2.24, 2.45) is 17.3 Å². The maximum Gasteiger partial charge on any atom is 0.315 e. The molecule has 0 bridgehead atoms. The molecular weight excluding hydrogens is 256 g/mol. The van der Waals surface area contributed by atoms with Crippen LogP contribution in [0, 0.1) is 17.3 Å². The number of urea groups is 1. The van der Waals surface area contributed by atoms with Crippen molar-refractivity contribution in [3.8, 4) is 0 Å². The highest BCUT2D eigenvalue weighted by atomic mass is 16.4. The van der Waals surface area contributed by atoms with E-state index in [1.165, 1.54) is 12.8 Å². The quantitative estimate of drug-likeness (QED) is 0.724. The van der Waals surface area contributed by atoms with Gasteiger partial charge in [-0.25, -0.2) is 4.79 Å². The van der Waals surface area contributed by atoms with Crippen LogP contribution in [-0.4, -0.2) is 29.7 Å². The summed E-state index contributed by atoms with van der Waals surface area (Å²) in [5, 5.41) is 14.9. The Bertz CT molecular complexity index is 377. The summed E-state index contributed by atoms with van der Waals surface area (Å²) in [4.78, 5) is 22.9. The SMILES string of the molecule is CC(C)C1(CNC(=O)NC2CCCC(C(=O)O)C2)CC1. The van der Waals surface area contributed by atoms with Crippen molar-refractivity contribution < 1.29 is 14.7 Å². The van der Waals surface area contributed by atoms with Crippen LogP contribution in [0.25, 0.3) is 0 Å². The van der Waals surface area contributed by atoms with Crippen molar-refractivity contribution in [2.45, 2.75) is 58.4 Å². The van der Waals surface area contributed by atoms with E-state index >= 15 is 0 Å². The highest BCUT2D eigenvalue weighted by molar-refractivity contribution is 5.74. The molecule has 0 aromatic rings. The van der Waals surface area contributed by atoms with Gasteiger partial charge in [0.1, 0.15) is 0 Å². The van der Waals surface area contributed by atoms with Gasteiger partial charge in [-0.05, 0) is 43.4 Å². The zero-order valence-corrected chi connectivity index (χ0v) is 12.4. The molecule has 2 aliphatic rings. The summed E-state index contributed by atoms with van der Waals surface area (Å²) in [7, 11) is 0. The Hall–Kier alpha value is -1.26. The van der Waals surface area contributed by atoms with Gasteiger partial charge in [0.05, 0.1) is 5.92 Å². The minimum Gasteiger partial charge on any atom is -0.481 e. The molecule has 2 saturated carbocycles. The van der Waals surface area contributed by atoms with E-state index in [2.05, 4.69) is 24.5 Å². The van der Waals surface area contributed by atoms with Crippen LogP contribution < -0.4 is 10.6 Å². The summed E-state index contributed by atoms with van der Waals surface area (Å²) in [5.41, 5.74) is 0.299. The number of amides is 2. The molecule has 2 rings (SSSR count). The molecule has 2 unspecified atom stereocenters. The lowest BCUT2D eigenvalue weighted by molar-refractivity contribution is -0.143. The number of hydrogen-bond acceptors (Lipinski definition) is 2. The van der Waals surface area contributed by atoms with Crippen LogP contribution in [0.2, 0.25) is 0 Å². The number of hydrogen-bond donors (Lipinski definition) is 3. The summed E-state index contributed by atoms with van der Waals surface area (Å²) in [6.07, 6.45) is 5.42. The fraction of sp³-hybridized carbons (Fsp3) is 0.867. The highest BCUT2D eigenvalue weighted by Crippen LogP contribution is 2.51. The van der Waals surface area contributed by atoms with Crippen LogP contribution in [-0.2, 0) is 4.79 Å². The molecule has 0 aliphatic heterocycles. The van der Waals surface area contributed by atoms with Gasteiger partial charge in [0.2, 0.25) is 0 Å². The fourth-order valence-electron chi connectivity index (χ4n) is 3.16. The second-order valence-electron chi connectivity index (χ2n) is 6.74. The Morgan fingerprint density at radius 3 is 2.55 bits per heavy atom. The van der Waals surface area contributed by atoms with Crippen molar-refractivity contribution in [1.82, 2.24) is 10.6 Å². The van der Waals surface area contributed by atoms with Gasteiger partial charge >= 0.3 is 12.0 Å². The number of carboxylic acids is 1. The van der Waals surface area contributed by atoms with Crippen molar-refractivity contribution in [1.29, 1.82) is 0 Å². The van der Waals surface area contributed by atoms with Crippen LogP contribution >= 0.6 is 0 Å². The van der Waals surface area contributed by atoms with Crippen LogP contribution in [0.3, 0.4) is 0 Å². The van der Waals surface area contributed by atoms with Gasteiger partial charge < -0.3 is 15.7 Å². The van der Waals surface area contributed by atoms with Crippen molar-refractivity contribution in [3.63, 3.8) is 0 Å². The molecule has 2 fully saturated rings. The van der Waals surface area contributed by atoms with Gasteiger partial charge in [-0.2, -0.15) is 0 Å². The van der Waals surface area contributed by atoms with Gasteiger partial charge in [-0.1, -0.05) is 20.3 Å². The monoisotopic (exact) mass is 282 g/mol. The standard InChI is InChI=1S/C15H26N2O3/c1-10(2)15(6-7-15)9-16-14(20)17-12-5-3-4-11(8-12)13(18)19/h10-12H,3-9H2,1-2H3,(H,18,19)(H2,16,17,20). The van der Waals surface area contributed by atoms with Gasteiger partial charge in [-0.3, -0.25) is 4.79 Å². The van der Waals surface area contributed by atoms with E-state index in [4.69, 9.17) is 5.11 Å². The molecule has 0 spiro atoms. The lowest BCUT2D eigenvalue weighted by atomic mass is 9.86. The lowest BCUT2D eigenvalue weighted by Crippen LogP contribution is -2.46. The number of nitrogens with one attached hydrogen (secondary N) is 2. The summed E-state index contributed by atoms with van der Waals surface area (Å²) in [6.45, 7) is 5.13. The predicted octanol–water partition coefficient (Wildman–Crippen LogP) is 2.37. The Kier molecular flexibility index (Phi) is 4.55. The van der Waals surface area contributed by atoms with Gasteiger partial charge in [0, 0.05) is 12.6 Å². The molecule has 20 heavy (non-hydrogen) atoms. The lowest BCUT2D eigenvalue weighted by Gasteiger charge is -2.28. The highest BCUT2D eigenvalue weighted by Gasteiger charge is 2.45. The minimum atomic E-state index is -0.742. The number of rotatable bonds is 5. The molecule has 0 saturated heterocycles. The molecule has 0 aromatic heterocycles. The molecule has 2 amide bonds. The summed E-state index contributed by atoms with van der Waals surface area (Å²) >= 11 is 0. The first kappa shape index (κ1) is 15.1. The second kappa shape index (κ2) is 6.02. The summed E-state index contributed by atoms with van der Waals surface area (Å²) in [5.74, 6) is -0.456. The number of carbonyl (C=O) groups is 2. The maximum atomic E-state index is 11.9. The van der Waals surface area contributed by atoms with Crippen molar-refractivity contribution >= 4 is 12.0 Å². The van der Waals surface area contributed by atoms with E-state index in [9.17, 15) is 9.59 Å². The van der Waals surface area contributed by atoms with Gasteiger partial charge in [0.15, 0.2) is 0 Å². The van der Waals surface area contributed by atoms with E-state index in [1.54, 1.807) is 0 Å². The average Bonchev–Trinajstić information content (AvgIpc) is 3.18. The van der Waals surface area contributed by atoms with E-state index in [0.717, 1.165) is 25.8 Å². The Labute approximate surface area is 120 Å². The fourth-order valence-corrected chi connectivity index (χ4v) is 3.16. The van der Waals surface area contributed by atoms with Crippen molar-refractivity contribution in [2.75, 3.05) is 6.54 Å². The average molecular weight is 282 g/mol. The van der Waals surface area contributed by atoms with Crippen molar-refractivity contribution in [3.05, 3.63) is 0 Å². The molecular formula is C15H26N2O3. The molecule has 0 aromatic carbocycles. The third kappa shape index (κ3) is 3.64.